The van der Waals surface area contributed by atoms with Crippen molar-refractivity contribution in [3.63, 3.8) is 0 Å². The van der Waals surface area contributed by atoms with Crippen LogP contribution >= 0.6 is 23.2 Å². The molecule has 0 heterocycles. The Labute approximate surface area is 142 Å². The van der Waals surface area contributed by atoms with E-state index in [-0.39, 0.29) is 16.3 Å². The van der Waals surface area contributed by atoms with Gasteiger partial charge in [0.2, 0.25) is 0 Å². The molecule has 2 nitrogen and oxygen atoms in total. The average molecular weight is 338 g/mol. The molecule has 0 fully saturated rings. The van der Waals surface area contributed by atoms with Crippen molar-refractivity contribution in [3.8, 4) is 5.75 Å². The van der Waals surface area contributed by atoms with E-state index in [4.69, 9.17) is 23.2 Å². The summed E-state index contributed by atoms with van der Waals surface area (Å²) in [4.78, 5) is 2.28. The van der Waals surface area contributed by atoms with Crippen LogP contribution in [0, 0.1) is 0 Å². The van der Waals surface area contributed by atoms with Crippen molar-refractivity contribution in [3.05, 3.63) is 63.6 Å². The molecule has 0 amide bonds. The van der Waals surface area contributed by atoms with Crippen molar-refractivity contribution in [2.45, 2.75) is 39.4 Å². The third-order valence-electron chi connectivity index (χ3n) is 3.63. The summed E-state index contributed by atoms with van der Waals surface area (Å²) in [6, 6.07) is 13.6. The number of hydrogen-bond acceptors (Lipinski definition) is 2. The van der Waals surface area contributed by atoms with Crippen LogP contribution in [-0.4, -0.2) is 15.5 Å². The number of halogens is 2. The highest BCUT2D eigenvalue weighted by Gasteiger charge is 2.23. The van der Waals surface area contributed by atoms with Crippen LogP contribution in [-0.2, 0) is 13.1 Å². The van der Waals surface area contributed by atoms with E-state index in [1.165, 1.54) is 5.56 Å². The Kier molecular flexibility index (Phi) is 5.38. The first kappa shape index (κ1) is 17.1. The van der Waals surface area contributed by atoms with Crippen LogP contribution < -0.4 is 0 Å². The van der Waals surface area contributed by atoms with Gasteiger partial charge < -0.3 is 5.11 Å². The van der Waals surface area contributed by atoms with Crippen LogP contribution in [0.1, 0.15) is 31.9 Å². The Hall–Kier alpha value is -1.22. The smallest absolute Gasteiger partial charge is 0.138 e. The summed E-state index contributed by atoms with van der Waals surface area (Å²) in [6.07, 6.45) is 0. The summed E-state index contributed by atoms with van der Waals surface area (Å²) in [5.41, 5.74) is 1.91. The van der Waals surface area contributed by atoms with E-state index < -0.39 is 0 Å². The molecule has 0 aliphatic carbocycles. The fourth-order valence-corrected chi connectivity index (χ4v) is 2.82. The maximum Gasteiger partial charge on any atom is 0.138 e. The number of rotatable bonds is 4. The minimum atomic E-state index is -0.0585. The lowest BCUT2D eigenvalue weighted by molar-refractivity contribution is 0.117. The van der Waals surface area contributed by atoms with E-state index >= 15 is 0 Å². The second-order valence-corrected chi connectivity index (χ2v) is 7.25. The molecule has 2 aromatic rings. The first-order chi connectivity index (χ1) is 10.3. The molecule has 0 aromatic heterocycles. The number of aromatic hydroxyl groups is 1. The number of nitrogens with zero attached hydrogens (tertiary/aromatic N) is 1. The predicted octanol–water partition coefficient (Wildman–Crippen LogP) is 5.50. The van der Waals surface area contributed by atoms with E-state index in [1.54, 1.807) is 12.1 Å². The molecule has 0 spiro atoms. The highest BCUT2D eigenvalue weighted by molar-refractivity contribution is 6.35. The largest absolute Gasteiger partial charge is 0.506 e. The molecular formula is C18H21Cl2NO. The molecule has 2 aromatic carbocycles. The van der Waals surface area contributed by atoms with Gasteiger partial charge in [0.1, 0.15) is 5.75 Å². The summed E-state index contributed by atoms with van der Waals surface area (Å²) in [5.74, 6) is 0.105. The van der Waals surface area contributed by atoms with Crippen LogP contribution in [0.3, 0.4) is 0 Å². The van der Waals surface area contributed by atoms with Gasteiger partial charge >= 0.3 is 0 Å². The van der Waals surface area contributed by atoms with Gasteiger partial charge in [-0.05, 0) is 38.5 Å². The molecule has 0 atom stereocenters. The third kappa shape index (κ3) is 4.39. The highest BCUT2D eigenvalue weighted by atomic mass is 35.5. The van der Waals surface area contributed by atoms with Gasteiger partial charge in [0.25, 0.3) is 0 Å². The third-order valence-corrected chi connectivity index (χ3v) is 4.14. The van der Waals surface area contributed by atoms with E-state index in [9.17, 15) is 5.11 Å². The van der Waals surface area contributed by atoms with Crippen LogP contribution in [0.25, 0.3) is 0 Å². The summed E-state index contributed by atoms with van der Waals surface area (Å²) in [7, 11) is 0. The zero-order chi connectivity index (χ0) is 16.3. The lowest BCUT2D eigenvalue weighted by atomic mass is 10.0. The minimum Gasteiger partial charge on any atom is -0.506 e. The molecule has 0 radical (unpaired) electrons. The molecule has 0 saturated carbocycles. The van der Waals surface area contributed by atoms with Gasteiger partial charge in [0.05, 0.1) is 5.02 Å². The number of phenols is 1. The second-order valence-electron chi connectivity index (χ2n) is 6.41. The standard InChI is InChI=1S/C18H21Cl2NO/c1-18(2,3)21(11-13-7-5-4-6-8-13)12-14-9-15(19)10-16(20)17(14)22/h4-10,22H,11-12H2,1-3H3. The molecule has 0 saturated heterocycles. The summed E-state index contributed by atoms with van der Waals surface area (Å²) < 4.78 is 0. The fraction of sp³-hybridized carbons (Fsp3) is 0.333. The Morgan fingerprint density at radius 3 is 2.23 bits per heavy atom. The van der Waals surface area contributed by atoms with Crippen molar-refractivity contribution in [2.75, 3.05) is 0 Å². The lowest BCUT2D eigenvalue weighted by Gasteiger charge is -2.36. The van der Waals surface area contributed by atoms with Crippen LogP contribution in [0.2, 0.25) is 10.0 Å². The summed E-state index contributed by atoms with van der Waals surface area (Å²) in [5, 5.41) is 11.0. The first-order valence-electron chi connectivity index (χ1n) is 7.23. The normalized spacial score (nSPS) is 11.9. The molecule has 22 heavy (non-hydrogen) atoms. The average Bonchev–Trinajstić information content (AvgIpc) is 2.43. The van der Waals surface area contributed by atoms with Crippen molar-refractivity contribution in [1.29, 1.82) is 0 Å². The maximum absolute atomic E-state index is 10.2. The Morgan fingerprint density at radius 1 is 1.00 bits per heavy atom. The fourth-order valence-electron chi connectivity index (χ4n) is 2.28. The molecule has 0 unspecified atom stereocenters. The van der Waals surface area contributed by atoms with E-state index in [0.29, 0.717) is 11.6 Å². The van der Waals surface area contributed by atoms with Gasteiger partial charge in [0.15, 0.2) is 0 Å². The topological polar surface area (TPSA) is 23.5 Å². The predicted molar refractivity (Wildman–Crippen MR) is 93.6 cm³/mol. The Morgan fingerprint density at radius 2 is 1.64 bits per heavy atom. The van der Waals surface area contributed by atoms with Gasteiger partial charge in [-0.2, -0.15) is 0 Å². The molecule has 4 heteroatoms. The van der Waals surface area contributed by atoms with E-state index in [2.05, 4.69) is 37.8 Å². The highest BCUT2D eigenvalue weighted by Crippen LogP contribution is 2.33. The van der Waals surface area contributed by atoms with Crippen molar-refractivity contribution >= 4 is 23.2 Å². The zero-order valence-electron chi connectivity index (χ0n) is 13.1. The monoisotopic (exact) mass is 337 g/mol. The van der Waals surface area contributed by atoms with Crippen molar-refractivity contribution < 1.29 is 5.11 Å². The molecule has 1 N–H and O–H groups in total. The van der Waals surface area contributed by atoms with Crippen molar-refractivity contribution in [2.24, 2.45) is 0 Å². The number of benzene rings is 2. The molecule has 0 aliphatic heterocycles. The van der Waals surface area contributed by atoms with Crippen LogP contribution in [0.4, 0.5) is 0 Å². The van der Waals surface area contributed by atoms with Gasteiger partial charge in [-0.15, -0.1) is 0 Å². The first-order valence-corrected chi connectivity index (χ1v) is 7.99. The molecule has 0 bridgehead atoms. The van der Waals surface area contributed by atoms with Gasteiger partial charge in [0, 0.05) is 29.2 Å². The molecule has 118 valence electrons. The Balaban J connectivity index is 2.28. The second kappa shape index (κ2) is 6.91. The minimum absolute atomic E-state index is 0.0585. The van der Waals surface area contributed by atoms with E-state index in [1.807, 2.05) is 18.2 Å². The summed E-state index contributed by atoms with van der Waals surface area (Å²) >= 11 is 12.1. The van der Waals surface area contributed by atoms with Crippen LogP contribution in [0.5, 0.6) is 5.75 Å². The van der Waals surface area contributed by atoms with Crippen LogP contribution in [0.15, 0.2) is 42.5 Å². The quantitative estimate of drug-likeness (QED) is 0.796. The van der Waals surface area contributed by atoms with Gasteiger partial charge in [-0.3, -0.25) is 4.90 Å². The molecule has 2 rings (SSSR count). The lowest BCUT2D eigenvalue weighted by Crippen LogP contribution is -2.40. The zero-order valence-corrected chi connectivity index (χ0v) is 14.6. The van der Waals surface area contributed by atoms with Gasteiger partial charge in [-0.1, -0.05) is 53.5 Å². The van der Waals surface area contributed by atoms with Gasteiger partial charge in [-0.25, -0.2) is 0 Å². The number of hydrogen-bond donors (Lipinski definition) is 1. The summed E-state index contributed by atoms with van der Waals surface area (Å²) in [6.45, 7) is 7.82. The SMILES string of the molecule is CC(C)(C)N(Cc1ccccc1)Cc1cc(Cl)cc(Cl)c1O. The molecular weight excluding hydrogens is 317 g/mol. The van der Waals surface area contributed by atoms with Crippen molar-refractivity contribution in [1.82, 2.24) is 4.90 Å². The number of phenolic OH excluding ortho intramolecular Hbond substituents is 1. The molecule has 0 aliphatic rings. The maximum atomic E-state index is 10.2. The Bertz CT molecular complexity index is 636. The van der Waals surface area contributed by atoms with E-state index in [0.717, 1.165) is 12.1 Å².